The summed E-state index contributed by atoms with van der Waals surface area (Å²) in [4.78, 5) is 11.9. The van der Waals surface area contributed by atoms with Crippen LogP contribution in [0, 0.1) is 0 Å². The topological polar surface area (TPSA) is 57.8 Å². The number of nitrogens with zero attached hydrogens (tertiary/aromatic N) is 1. The number of carbonyl (C=O) groups is 1. The molecule has 4 nitrogen and oxygen atoms in total. The molecule has 26 heavy (non-hydrogen) atoms. The number of amides is 1. The zero-order chi connectivity index (χ0) is 17.9. The Morgan fingerprint density at radius 2 is 1.62 bits per heavy atom. The van der Waals surface area contributed by atoms with Crippen molar-refractivity contribution in [3.63, 3.8) is 0 Å². The smallest absolute Gasteiger partial charge is 0.217 e. The number of H-pyrrole nitrogens is 1. The average Bonchev–Trinajstić information content (AvgIpc) is 3.11. The van der Waals surface area contributed by atoms with Gasteiger partial charge in [-0.1, -0.05) is 72.8 Å². The standard InChI is InChI=1S/C22H19N3O/c1-15(26)23-21(16-9-3-2-4-10-16)17-11-5-6-12-18(17)22-19-13-7-8-14-20(19)24-25-22/h2-14,21H,1H3,(H,23,26)(H,24,25). The van der Waals surface area contributed by atoms with E-state index in [1.165, 1.54) is 0 Å². The predicted molar refractivity (Wildman–Crippen MR) is 104 cm³/mol. The van der Waals surface area contributed by atoms with Gasteiger partial charge in [-0.2, -0.15) is 5.10 Å². The normalized spacial score (nSPS) is 12.0. The molecule has 3 aromatic carbocycles. The highest BCUT2D eigenvalue weighted by molar-refractivity contribution is 5.93. The molecule has 0 aliphatic heterocycles. The zero-order valence-electron chi connectivity index (χ0n) is 14.4. The van der Waals surface area contributed by atoms with Crippen LogP contribution in [-0.2, 0) is 4.79 Å². The van der Waals surface area contributed by atoms with E-state index in [1.54, 1.807) is 6.92 Å². The van der Waals surface area contributed by atoms with Gasteiger partial charge < -0.3 is 5.32 Å². The van der Waals surface area contributed by atoms with Crippen molar-refractivity contribution in [3.05, 3.63) is 90.0 Å². The molecule has 2 N–H and O–H groups in total. The minimum absolute atomic E-state index is 0.0689. The number of benzene rings is 3. The maximum Gasteiger partial charge on any atom is 0.217 e. The summed E-state index contributed by atoms with van der Waals surface area (Å²) >= 11 is 0. The molecule has 0 saturated carbocycles. The first kappa shape index (κ1) is 16.1. The van der Waals surface area contributed by atoms with Crippen molar-refractivity contribution < 1.29 is 4.79 Å². The Labute approximate surface area is 151 Å². The van der Waals surface area contributed by atoms with Crippen LogP contribution in [0.4, 0.5) is 0 Å². The van der Waals surface area contributed by atoms with Gasteiger partial charge in [-0.05, 0) is 17.2 Å². The molecule has 4 heteroatoms. The van der Waals surface area contributed by atoms with E-state index in [4.69, 9.17) is 0 Å². The SMILES string of the molecule is CC(=O)NC(c1ccccc1)c1ccccc1-c1n[nH]c2ccccc12. The average molecular weight is 341 g/mol. The number of para-hydroxylation sites is 1. The molecule has 0 saturated heterocycles. The Bertz CT molecular complexity index is 1050. The summed E-state index contributed by atoms with van der Waals surface area (Å²) in [6.45, 7) is 1.54. The van der Waals surface area contributed by atoms with E-state index < -0.39 is 0 Å². The van der Waals surface area contributed by atoms with Crippen LogP contribution in [0.25, 0.3) is 22.2 Å². The highest BCUT2D eigenvalue weighted by Crippen LogP contribution is 2.34. The molecule has 0 spiro atoms. The third kappa shape index (κ3) is 2.97. The second-order valence-corrected chi connectivity index (χ2v) is 6.25. The number of hydrogen-bond acceptors (Lipinski definition) is 2. The first-order valence-electron chi connectivity index (χ1n) is 8.58. The molecule has 1 aromatic heterocycles. The number of hydrogen-bond donors (Lipinski definition) is 2. The molecule has 4 aromatic rings. The number of rotatable bonds is 4. The number of aromatic nitrogens is 2. The van der Waals surface area contributed by atoms with Crippen molar-refractivity contribution >= 4 is 16.8 Å². The van der Waals surface area contributed by atoms with Gasteiger partial charge in [0.1, 0.15) is 5.69 Å². The Morgan fingerprint density at radius 3 is 2.42 bits per heavy atom. The van der Waals surface area contributed by atoms with Crippen molar-refractivity contribution in [1.29, 1.82) is 0 Å². The van der Waals surface area contributed by atoms with Crippen LogP contribution in [0.5, 0.6) is 0 Å². The Hall–Kier alpha value is -3.40. The lowest BCUT2D eigenvalue weighted by atomic mass is 9.92. The molecule has 1 amide bonds. The lowest BCUT2D eigenvalue weighted by Crippen LogP contribution is -2.27. The Kier molecular flexibility index (Phi) is 4.23. The summed E-state index contributed by atoms with van der Waals surface area (Å²) < 4.78 is 0. The van der Waals surface area contributed by atoms with Crippen molar-refractivity contribution in [3.8, 4) is 11.3 Å². The van der Waals surface area contributed by atoms with Crippen LogP contribution < -0.4 is 5.32 Å². The van der Waals surface area contributed by atoms with Crippen molar-refractivity contribution in [1.82, 2.24) is 15.5 Å². The van der Waals surface area contributed by atoms with Crippen molar-refractivity contribution in [2.45, 2.75) is 13.0 Å². The van der Waals surface area contributed by atoms with Gasteiger partial charge in [0.2, 0.25) is 5.91 Å². The van der Waals surface area contributed by atoms with Crippen LogP contribution in [0.3, 0.4) is 0 Å². The van der Waals surface area contributed by atoms with E-state index in [-0.39, 0.29) is 11.9 Å². The Morgan fingerprint density at radius 1 is 0.923 bits per heavy atom. The molecule has 0 radical (unpaired) electrons. The Balaban J connectivity index is 1.90. The van der Waals surface area contributed by atoms with Gasteiger partial charge in [0.25, 0.3) is 0 Å². The van der Waals surface area contributed by atoms with E-state index in [9.17, 15) is 4.79 Å². The lowest BCUT2D eigenvalue weighted by Gasteiger charge is -2.21. The molecule has 0 bridgehead atoms. The van der Waals surface area contributed by atoms with Gasteiger partial charge in [0.15, 0.2) is 0 Å². The van der Waals surface area contributed by atoms with Gasteiger partial charge in [0, 0.05) is 17.9 Å². The highest BCUT2D eigenvalue weighted by atomic mass is 16.1. The van der Waals surface area contributed by atoms with Gasteiger partial charge in [-0.15, -0.1) is 0 Å². The second-order valence-electron chi connectivity index (χ2n) is 6.25. The van der Waals surface area contributed by atoms with E-state index >= 15 is 0 Å². The first-order valence-corrected chi connectivity index (χ1v) is 8.58. The van der Waals surface area contributed by atoms with Crippen LogP contribution >= 0.6 is 0 Å². The van der Waals surface area contributed by atoms with E-state index in [2.05, 4.69) is 27.6 Å². The summed E-state index contributed by atoms with van der Waals surface area (Å²) in [5.41, 5.74) is 4.95. The third-order valence-electron chi connectivity index (χ3n) is 4.48. The van der Waals surface area contributed by atoms with E-state index in [0.29, 0.717) is 0 Å². The van der Waals surface area contributed by atoms with E-state index in [1.807, 2.05) is 66.7 Å². The van der Waals surface area contributed by atoms with Crippen LogP contribution in [0.2, 0.25) is 0 Å². The molecule has 4 rings (SSSR count). The van der Waals surface area contributed by atoms with Gasteiger partial charge in [-0.25, -0.2) is 0 Å². The van der Waals surface area contributed by atoms with Crippen molar-refractivity contribution in [2.24, 2.45) is 0 Å². The minimum atomic E-state index is -0.236. The minimum Gasteiger partial charge on any atom is -0.345 e. The maximum absolute atomic E-state index is 11.9. The van der Waals surface area contributed by atoms with Crippen LogP contribution in [0.15, 0.2) is 78.9 Å². The maximum atomic E-state index is 11.9. The molecular formula is C22H19N3O. The summed E-state index contributed by atoms with van der Waals surface area (Å²) in [6, 6.07) is 25.9. The third-order valence-corrected chi connectivity index (χ3v) is 4.48. The molecule has 128 valence electrons. The zero-order valence-corrected chi connectivity index (χ0v) is 14.4. The monoisotopic (exact) mass is 341 g/mol. The molecule has 1 atom stereocenters. The molecule has 0 fully saturated rings. The van der Waals surface area contributed by atoms with Gasteiger partial charge in [0.05, 0.1) is 11.6 Å². The molecule has 1 unspecified atom stereocenters. The van der Waals surface area contributed by atoms with Gasteiger partial charge >= 0.3 is 0 Å². The molecule has 1 heterocycles. The summed E-state index contributed by atoms with van der Waals surface area (Å²) in [5.74, 6) is -0.0689. The quantitative estimate of drug-likeness (QED) is 0.576. The number of carbonyl (C=O) groups excluding carboxylic acids is 1. The second kappa shape index (κ2) is 6.84. The molecule has 0 aliphatic rings. The summed E-state index contributed by atoms with van der Waals surface area (Å²) in [5, 5.41) is 11.8. The molecule has 0 aliphatic carbocycles. The predicted octanol–water partition coefficient (Wildman–Crippen LogP) is 4.46. The first-order chi connectivity index (χ1) is 12.7. The number of aromatic amines is 1. The van der Waals surface area contributed by atoms with Crippen LogP contribution in [-0.4, -0.2) is 16.1 Å². The van der Waals surface area contributed by atoms with Crippen LogP contribution in [0.1, 0.15) is 24.1 Å². The van der Waals surface area contributed by atoms with E-state index in [0.717, 1.165) is 33.3 Å². The van der Waals surface area contributed by atoms with Gasteiger partial charge in [-0.3, -0.25) is 9.89 Å². The fourth-order valence-corrected chi connectivity index (χ4v) is 3.32. The largest absolute Gasteiger partial charge is 0.345 e. The highest BCUT2D eigenvalue weighted by Gasteiger charge is 2.21. The van der Waals surface area contributed by atoms with Crippen molar-refractivity contribution in [2.75, 3.05) is 0 Å². The molecular weight excluding hydrogens is 322 g/mol. The summed E-state index contributed by atoms with van der Waals surface area (Å²) in [6.07, 6.45) is 0. The number of fused-ring (bicyclic) bond motifs is 1. The fourth-order valence-electron chi connectivity index (χ4n) is 3.32. The lowest BCUT2D eigenvalue weighted by molar-refractivity contribution is -0.119. The summed E-state index contributed by atoms with van der Waals surface area (Å²) in [7, 11) is 0. The fraction of sp³-hybridized carbons (Fsp3) is 0.0909. The number of nitrogens with one attached hydrogen (secondary N) is 2.